The van der Waals surface area contributed by atoms with Crippen molar-refractivity contribution in [3.05, 3.63) is 24.4 Å². The number of fused-ring (bicyclic) bond motifs is 1. The van der Waals surface area contributed by atoms with E-state index in [0.29, 0.717) is 0 Å². The molecule has 0 spiro atoms. The monoisotopic (exact) mass is 201 g/mol. The van der Waals surface area contributed by atoms with E-state index in [1.165, 1.54) is 0 Å². The molecule has 0 atom stereocenters. The lowest BCUT2D eigenvalue weighted by molar-refractivity contribution is 0.557. The van der Waals surface area contributed by atoms with E-state index < -0.39 is 0 Å². The topological polar surface area (TPSA) is 56.3 Å². The molecule has 2 heterocycles. The molecular weight excluding hydrogens is 190 g/mol. The number of nitrogens with one attached hydrogen (secondary N) is 2. The Morgan fingerprint density at radius 2 is 2.40 bits per heavy atom. The van der Waals surface area contributed by atoms with E-state index in [2.05, 4.69) is 20.6 Å². The van der Waals surface area contributed by atoms with Gasteiger partial charge in [0.1, 0.15) is 6.34 Å². The molecule has 0 saturated carbocycles. The summed E-state index contributed by atoms with van der Waals surface area (Å²) in [5, 5.41) is 10.0. The minimum absolute atomic E-state index is 0.860. The van der Waals surface area contributed by atoms with Crippen LogP contribution in [-0.2, 0) is 0 Å². The lowest BCUT2D eigenvalue weighted by Crippen LogP contribution is -2.26. The number of aromatic amines is 1. The predicted octanol–water partition coefficient (Wildman–Crippen LogP) is 1.23. The van der Waals surface area contributed by atoms with Crippen LogP contribution in [0.4, 0.5) is 5.69 Å². The summed E-state index contributed by atoms with van der Waals surface area (Å²) in [5.41, 5.74) is 5.34. The molecule has 1 aliphatic rings. The number of aromatic nitrogens is 2. The highest BCUT2D eigenvalue weighted by atomic mass is 15.5. The molecule has 0 radical (unpaired) electrons. The summed E-state index contributed by atoms with van der Waals surface area (Å²) in [4.78, 5) is 4.13. The van der Waals surface area contributed by atoms with Crippen molar-refractivity contribution >= 4 is 22.9 Å². The second kappa shape index (κ2) is 3.27. The van der Waals surface area contributed by atoms with Crippen molar-refractivity contribution in [1.29, 1.82) is 0 Å². The third-order valence-electron chi connectivity index (χ3n) is 2.41. The number of hydrazine groups is 1. The zero-order valence-electron chi connectivity index (χ0n) is 8.14. The van der Waals surface area contributed by atoms with Crippen LogP contribution in [0.3, 0.4) is 0 Å². The van der Waals surface area contributed by atoms with E-state index in [1.54, 1.807) is 0 Å². The second-order valence-electron chi connectivity index (χ2n) is 3.50. The average molecular weight is 201 g/mol. The number of rotatable bonds is 2. The summed E-state index contributed by atoms with van der Waals surface area (Å²) in [6, 6.07) is 6.10. The third kappa shape index (κ3) is 1.52. The van der Waals surface area contributed by atoms with Crippen molar-refractivity contribution < 1.29 is 0 Å². The molecule has 0 aliphatic carbocycles. The van der Waals surface area contributed by atoms with E-state index in [-0.39, 0.29) is 0 Å². The van der Waals surface area contributed by atoms with Gasteiger partial charge in [-0.1, -0.05) is 0 Å². The summed E-state index contributed by atoms with van der Waals surface area (Å²) < 4.78 is 0. The molecule has 15 heavy (non-hydrogen) atoms. The van der Waals surface area contributed by atoms with E-state index in [1.807, 2.05) is 35.7 Å². The number of hydrogen-bond donors (Lipinski definition) is 2. The number of hydrogen-bond acceptors (Lipinski definition) is 4. The van der Waals surface area contributed by atoms with Crippen molar-refractivity contribution in [3.63, 3.8) is 0 Å². The van der Waals surface area contributed by atoms with Crippen LogP contribution >= 0.6 is 0 Å². The molecule has 0 unspecified atom stereocenters. The Bertz CT molecular complexity index is 501. The maximum absolute atomic E-state index is 4.13. The third-order valence-corrected chi connectivity index (χ3v) is 2.41. The minimum atomic E-state index is 0.860. The standard InChI is InChI=1S/C10H11N5/c1-2-9(14-15-4-3-11-7-15)5-10-8(1)6-12-13-10/h1-2,5-7,14H,3-4H2,(H,12,13). The van der Waals surface area contributed by atoms with E-state index in [0.717, 1.165) is 29.7 Å². The Labute approximate surface area is 86.8 Å². The van der Waals surface area contributed by atoms with E-state index >= 15 is 0 Å². The van der Waals surface area contributed by atoms with Gasteiger partial charge in [-0.05, 0) is 18.2 Å². The molecule has 1 aliphatic heterocycles. The fraction of sp³-hybridized carbons (Fsp3) is 0.200. The van der Waals surface area contributed by atoms with Gasteiger partial charge in [0.05, 0.1) is 30.5 Å². The Morgan fingerprint density at radius 3 is 3.27 bits per heavy atom. The first-order valence-electron chi connectivity index (χ1n) is 4.88. The van der Waals surface area contributed by atoms with Gasteiger partial charge in [0.2, 0.25) is 0 Å². The quantitative estimate of drug-likeness (QED) is 0.768. The van der Waals surface area contributed by atoms with Gasteiger partial charge in [-0.2, -0.15) is 5.10 Å². The molecule has 5 nitrogen and oxygen atoms in total. The highest BCUT2D eigenvalue weighted by molar-refractivity contribution is 5.81. The molecule has 0 saturated heterocycles. The maximum atomic E-state index is 4.13. The maximum Gasteiger partial charge on any atom is 0.104 e. The van der Waals surface area contributed by atoms with Gasteiger partial charge < -0.3 is 0 Å². The SMILES string of the molecule is C1=NCCN1Nc1ccc2cn[nH]c2c1. The number of benzene rings is 1. The molecule has 2 aromatic rings. The van der Waals surface area contributed by atoms with Crippen LogP contribution in [0.5, 0.6) is 0 Å². The van der Waals surface area contributed by atoms with Crippen LogP contribution in [0.1, 0.15) is 0 Å². The minimum Gasteiger partial charge on any atom is -0.297 e. The first kappa shape index (κ1) is 8.28. The smallest absolute Gasteiger partial charge is 0.104 e. The van der Waals surface area contributed by atoms with Crippen molar-refractivity contribution in [3.8, 4) is 0 Å². The highest BCUT2D eigenvalue weighted by Gasteiger charge is 2.05. The van der Waals surface area contributed by atoms with Crippen molar-refractivity contribution in [2.24, 2.45) is 4.99 Å². The van der Waals surface area contributed by atoms with Crippen LogP contribution < -0.4 is 5.43 Å². The molecular formula is C10H11N5. The molecule has 76 valence electrons. The fourth-order valence-corrected chi connectivity index (χ4v) is 1.64. The molecule has 0 amide bonds. The van der Waals surface area contributed by atoms with Crippen LogP contribution in [0.15, 0.2) is 29.4 Å². The van der Waals surface area contributed by atoms with Gasteiger partial charge in [0.15, 0.2) is 0 Å². The van der Waals surface area contributed by atoms with Crippen LogP contribution in [0.2, 0.25) is 0 Å². The second-order valence-corrected chi connectivity index (χ2v) is 3.50. The van der Waals surface area contributed by atoms with Crippen molar-refractivity contribution in [2.75, 3.05) is 18.5 Å². The van der Waals surface area contributed by atoms with E-state index in [9.17, 15) is 0 Å². The molecule has 0 fully saturated rings. The van der Waals surface area contributed by atoms with Gasteiger partial charge in [-0.15, -0.1) is 0 Å². The fourth-order valence-electron chi connectivity index (χ4n) is 1.64. The van der Waals surface area contributed by atoms with Crippen LogP contribution in [-0.4, -0.2) is 34.6 Å². The Kier molecular flexibility index (Phi) is 1.81. The first-order chi connectivity index (χ1) is 7.42. The molecule has 2 N–H and O–H groups in total. The number of H-pyrrole nitrogens is 1. The summed E-state index contributed by atoms with van der Waals surface area (Å²) in [5.74, 6) is 0. The van der Waals surface area contributed by atoms with Crippen molar-refractivity contribution in [1.82, 2.24) is 15.2 Å². The largest absolute Gasteiger partial charge is 0.297 e. The van der Waals surface area contributed by atoms with Gasteiger partial charge >= 0.3 is 0 Å². The molecule has 1 aromatic carbocycles. The summed E-state index contributed by atoms with van der Waals surface area (Å²) in [7, 11) is 0. The average Bonchev–Trinajstić information content (AvgIpc) is 2.87. The lowest BCUT2D eigenvalue weighted by atomic mass is 10.2. The molecule has 3 rings (SSSR count). The molecule has 5 heteroatoms. The molecule has 0 bridgehead atoms. The summed E-state index contributed by atoms with van der Waals surface area (Å²) in [6.45, 7) is 1.78. The molecule has 1 aromatic heterocycles. The Hall–Kier alpha value is -2.04. The Balaban J connectivity index is 1.87. The van der Waals surface area contributed by atoms with Gasteiger partial charge in [-0.3, -0.25) is 20.5 Å². The van der Waals surface area contributed by atoms with Gasteiger partial charge in [-0.25, -0.2) is 0 Å². The van der Waals surface area contributed by atoms with Crippen LogP contribution in [0.25, 0.3) is 10.9 Å². The predicted molar refractivity (Wildman–Crippen MR) is 59.8 cm³/mol. The normalized spacial score (nSPS) is 15.1. The van der Waals surface area contributed by atoms with E-state index in [4.69, 9.17) is 0 Å². The first-order valence-corrected chi connectivity index (χ1v) is 4.88. The highest BCUT2D eigenvalue weighted by Crippen LogP contribution is 2.16. The van der Waals surface area contributed by atoms with Gasteiger partial charge in [0.25, 0.3) is 0 Å². The zero-order valence-corrected chi connectivity index (χ0v) is 8.14. The lowest BCUT2D eigenvalue weighted by Gasteiger charge is -2.16. The van der Waals surface area contributed by atoms with Crippen molar-refractivity contribution in [2.45, 2.75) is 0 Å². The number of aliphatic imine (C=N–C) groups is 1. The van der Waals surface area contributed by atoms with Gasteiger partial charge in [0, 0.05) is 5.39 Å². The Morgan fingerprint density at radius 1 is 1.40 bits per heavy atom. The van der Waals surface area contributed by atoms with Crippen LogP contribution in [0, 0.1) is 0 Å². The zero-order chi connectivity index (χ0) is 10.1. The number of nitrogens with zero attached hydrogens (tertiary/aromatic N) is 3. The summed E-state index contributed by atoms with van der Waals surface area (Å²) >= 11 is 0. The number of anilines is 1. The summed E-state index contributed by atoms with van der Waals surface area (Å²) in [6.07, 6.45) is 3.63.